The molecule has 0 aliphatic heterocycles. The maximum atomic E-state index is 12.5. The Morgan fingerprint density at radius 2 is 1.93 bits per heavy atom. The SMILES string of the molecule is O=C(Cn1cnc2ccccc2c1=O)NCc1cccnc1-n1cccn1. The second-order valence-electron chi connectivity index (χ2n) is 5.91. The smallest absolute Gasteiger partial charge is 0.261 e. The zero-order chi connectivity index (χ0) is 18.6. The number of benzene rings is 1. The standard InChI is InChI=1S/C19H16N6O2/c26-17(12-24-13-22-16-7-2-1-6-15(16)19(24)27)21-11-14-5-3-8-20-18(14)25-10-4-9-23-25/h1-10,13H,11-12H2,(H,21,26). The number of para-hydroxylation sites is 1. The fraction of sp³-hybridized carbons (Fsp3) is 0.105. The van der Waals surface area contributed by atoms with E-state index in [1.807, 2.05) is 12.1 Å². The van der Waals surface area contributed by atoms with Crippen molar-refractivity contribution in [3.05, 3.63) is 83.3 Å². The molecule has 1 amide bonds. The lowest BCUT2D eigenvalue weighted by Crippen LogP contribution is -2.32. The number of amides is 1. The Morgan fingerprint density at radius 1 is 1.04 bits per heavy atom. The van der Waals surface area contributed by atoms with Gasteiger partial charge in [-0.3, -0.25) is 14.2 Å². The molecule has 0 aliphatic rings. The molecule has 0 aliphatic carbocycles. The molecule has 3 heterocycles. The van der Waals surface area contributed by atoms with Crippen LogP contribution in [0.2, 0.25) is 0 Å². The molecule has 3 aromatic heterocycles. The van der Waals surface area contributed by atoms with Crippen molar-refractivity contribution in [2.24, 2.45) is 0 Å². The third kappa shape index (κ3) is 3.45. The van der Waals surface area contributed by atoms with Crippen molar-refractivity contribution in [3.8, 4) is 5.82 Å². The highest BCUT2D eigenvalue weighted by molar-refractivity contribution is 5.78. The van der Waals surface area contributed by atoms with Gasteiger partial charge in [-0.15, -0.1) is 0 Å². The van der Waals surface area contributed by atoms with Gasteiger partial charge in [-0.1, -0.05) is 18.2 Å². The van der Waals surface area contributed by atoms with Crippen LogP contribution in [0, 0.1) is 0 Å². The van der Waals surface area contributed by atoms with E-state index in [0.717, 1.165) is 5.56 Å². The molecular formula is C19H16N6O2. The van der Waals surface area contributed by atoms with Crippen molar-refractivity contribution in [2.45, 2.75) is 13.1 Å². The molecule has 0 spiro atoms. The van der Waals surface area contributed by atoms with Crippen LogP contribution in [0.1, 0.15) is 5.56 Å². The number of nitrogens with zero attached hydrogens (tertiary/aromatic N) is 5. The summed E-state index contributed by atoms with van der Waals surface area (Å²) >= 11 is 0. The molecule has 0 unspecified atom stereocenters. The van der Waals surface area contributed by atoms with Gasteiger partial charge in [-0.05, 0) is 24.3 Å². The molecule has 0 radical (unpaired) electrons. The fourth-order valence-corrected chi connectivity index (χ4v) is 2.79. The van der Waals surface area contributed by atoms with Crippen molar-refractivity contribution in [1.82, 2.24) is 29.6 Å². The number of pyridine rings is 1. The average Bonchev–Trinajstić information content (AvgIpc) is 3.24. The normalized spacial score (nSPS) is 10.8. The molecule has 0 saturated carbocycles. The van der Waals surface area contributed by atoms with Crippen LogP contribution < -0.4 is 10.9 Å². The summed E-state index contributed by atoms with van der Waals surface area (Å²) in [5.41, 5.74) is 1.19. The molecule has 0 fully saturated rings. The fourth-order valence-electron chi connectivity index (χ4n) is 2.79. The Hall–Kier alpha value is -3.81. The number of rotatable bonds is 5. The van der Waals surface area contributed by atoms with Crippen LogP contribution in [0.3, 0.4) is 0 Å². The van der Waals surface area contributed by atoms with E-state index in [1.165, 1.54) is 10.9 Å². The highest BCUT2D eigenvalue weighted by atomic mass is 16.2. The first-order chi connectivity index (χ1) is 13.2. The monoisotopic (exact) mass is 360 g/mol. The molecule has 27 heavy (non-hydrogen) atoms. The van der Waals surface area contributed by atoms with E-state index in [-0.39, 0.29) is 24.6 Å². The Morgan fingerprint density at radius 3 is 2.78 bits per heavy atom. The quantitative estimate of drug-likeness (QED) is 0.579. The largest absolute Gasteiger partial charge is 0.350 e. The van der Waals surface area contributed by atoms with E-state index in [0.29, 0.717) is 16.7 Å². The lowest BCUT2D eigenvalue weighted by atomic mass is 10.2. The predicted octanol–water partition coefficient (Wildman–Crippen LogP) is 1.29. The zero-order valence-electron chi connectivity index (χ0n) is 14.3. The van der Waals surface area contributed by atoms with Gasteiger partial charge >= 0.3 is 0 Å². The van der Waals surface area contributed by atoms with Crippen molar-refractivity contribution in [3.63, 3.8) is 0 Å². The van der Waals surface area contributed by atoms with Crippen molar-refractivity contribution in [1.29, 1.82) is 0 Å². The van der Waals surface area contributed by atoms with Crippen LogP contribution in [0.15, 0.2) is 72.2 Å². The van der Waals surface area contributed by atoms with E-state index in [9.17, 15) is 9.59 Å². The molecule has 0 saturated heterocycles. The average molecular weight is 360 g/mol. The van der Waals surface area contributed by atoms with Crippen LogP contribution in [-0.4, -0.2) is 30.2 Å². The number of hydrogen-bond acceptors (Lipinski definition) is 5. The Labute approximate surface area is 154 Å². The summed E-state index contributed by atoms with van der Waals surface area (Å²) < 4.78 is 2.94. The predicted molar refractivity (Wildman–Crippen MR) is 99.2 cm³/mol. The lowest BCUT2D eigenvalue weighted by Gasteiger charge is -2.10. The van der Waals surface area contributed by atoms with Gasteiger partial charge in [0.25, 0.3) is 5.56 Å². The number of fused-ring (bicyclic) bond motifs is 1. The Balaban J connectivity index is 1.49. The molecule has 1 N–H and O–H groups in total. The van der Waals surface area contributed by atoms with Crippen molar-refractivity contribution in [2.75, 3.05) is 0 Å². The van der Waals surface area contributed by atoms with Crippen molar-refractivity contribution >= 4 is 16.8 Å². The van der Waals surface area contributed by atoms with Gasteiger partial charge in [-0.25, -0.2) is 14.6 Å². The van der Waals surface area contributed by atoms with Crippen LogP contribution in [0.5, 0.6) is 0 Å². The van der Waals surface area contributed by atoms with Gasteiger partial charge in [0.05, 0.1) is 17.2 Å². The summed E-state index contributed by atoms with van der Waals surface area (Å²) in [6.45, 7) is 0.172. The number of nitrogens with one attached hydrogen (secondary N) is 1. The number of hydrogen-bond donors (Lipinski definition) is 1. The van der Waals surface area contributed by atoms with Crippen molar-refractivity contribution < 1.29 is 4.79 Å². The van der Waals surface area contributed by atoms with Crippen LogP contribution >= 0.6 is 0 Å². The third-order valence-electron chi connectivity index (χ3n) is 4.11. The molecule has 8 nitrogen and oxygen atoms in total. The molecule has 4 rings (SSSR count). The third-order valence-corrected chi connectivity index (χ3v) is 4.11. The number of carbonyl (C=O) groups is 1. The highest BCUT2D eigenvalue weighted by Gasteiger charge is 2.10. The van der Waals surface area contributed by atoms with E-state index in [2.05, 4.69) is 20.4 Å². The molecule has 4 aromatic rings. The van der Waals surface area contributed by atoms with E-state index < -0.39 is 0 Å². The molecule has 134 valence electrons. The van der Waals surface area contributed by atoms with Gasteiger partial charge in [0.1, 0.15) is 6.54 Å². The minimum atomic E-state index is -0.288. The summed E-state index contributed by atoms with van der Waals surface area (Å²) in [7, 11) is 0. The maximum Gasteiger partial charge on any atom is 0.261 e. The second-order valence-corrected chi connectivity index (χ2v) is 5.91. The molecular weight excluding hydrogens is 344 g/mol. The molecule has 1 aromatic carbocycles. The van der Waals surface area contributed by atoms with Crippen LogP contribution in [-0.2, 0) is 17.9 Å². The van der Waals surface area contributed by atoms with E-state index in [4.69, 9.17) is 0 Å². The number of carbonyl (C=O) groups excluding carboxylic acids is 1. The lowest BCUT2D eigenvalue weighted by molar-refractivity contribution is -0.121. The summed E-state index contributed by atoms with van der Waals surface area (Å²) in [6, 6.07) is 12.5. The highest BCUT2D eigenvalue weighted by Crippen LogP contribution is 2.10. The van der Waals surface area contributed by atoms with E-state index >= 15 is 0 Å². The Bertz CT molecular complexity index is 1150. The summed E-state index contributed by atoms with van der Waals surface area (Å²) in [4.78, 5) is 33.3. The first kappa shape index (κ1) is 16.6. The topological polar surface area (TPSA) is 94.7 Å². The Kier molecular flexibility index (Phi) is 4.44. The summed E-state index contributed by atoms with van der Waals surface area (Å²) in [5, 5.41) is 7.47. The minimum absolute atomic E-state index is 0.103. The second kappa shape index (κ2) is 7.20. The van der Waals surface area contributed by atoms with Gasteiger partial charge < -0.3 is 5.32 Å². The first-order valence-electron chi connectivity index (χ1n) is 8.37. The van der Waals surface area contributed by atoms with Gasteiger partial charge in [-0.2, -0.15) is 5.10 Å². The number of aromatic nitrogens is 5. The van der Waals surface area contributed by atoms with E-state index in [1.54, 1.807) is 53.6 Å². The van der Waals surface area contributed by atoms with Gasteiger partial charge in [0.15, 0.2) is 5.82 Å². The van der Waals surface area contributed by atoms with Crippen LogP contribution in [0.25, 0.3) is 16.7 Å². The summed E-state index contributed by atoms with van der Waals surface area (Å²) in [6.07, 6.45) is 6.51. The maximum absolute atomic E-state index is 12.5. The van der Waals surface area contributed by atoms with Gasteiger partial charge in [0, 0.05) is 30.7 Å². The minimum Gasteiger partial charge on any atom is -0.350 e. The molecule has 0 atom stereocenters. The summed E-state index contributed by atoms with van der Waals surface area (Å²) in [5.74, 6) is 0.358. The first-order valence-corrected chi connectivity index (χ1v) is 8.37. The van der Waals surface area contributed by atoms with Gasteiger partial charge in [0.2, 0.25) is 5.91 Å². The zero-order valence-corrected chi connectivity index (χ0v) is 14.3. The van der Waals surface area contributed by atoms with Crippen LogP contribution in [0.4, 0.5) is 0 Å². The molecule has 0 bridgehead atoms. The molecule has 8 heteroatoms.